The first-order chi connectivity index (χ1) is 6.33. The van der Waals surface area contributed by atoms with Crippen molar-refractivity contribution in [3.8, 4) is 0 Å². The minimum Gasteiger partial charge on any atom is -0.466 e. The van der Waals surface area contributed by atoms with Crippen molar-refractivity contribution in [1.82, 2.24) is 10.2 Å². The lowest BCUT2D eigenvalue weighted by Gasteiger charge is -1.98. The fraction of sp³-hybridized carbons (Fsp3) is 0.571. The lowest BCUT2D eigenvalue weighted by molar-refractivity contribution is -0.142. The van der Waals surface area contributed by atoms with Gasteiger partial charge >= 0.3 is 5.97 Å². The molecule has 1 aromatic rings. The molecule has 0 spiro atoms. The second kappa shape index (κ2) is 5.93. The van der Waals surface area contributed by atoms with Gasteiger partial charge in [0.15, 0.2) is 9.85 Å². The van der Waals surface area contributed by atoms with E-state index in [0.29, 0.717) is 18.8 Å². The largest absolute Gasteiger partial charge is 0.466 e. The fourth-order valence-electron chi connectivity index (χ4n) is 0.654. The van der Waals surface area contributed by atoms with Crippen LogP contribution in [0.4, 0.5) is 0 Å². The molecule has 0 unspecified atom stereocenters. The SMILES string of the molecule is CCOC(=O)CCSc1nn[c]s1. The molecule has 1 aromatic heterocycles. The van der Waals surface area contributed by atoms with Crippen LogP contribution in [0.5, 0.6) is 0 Å². The smallest absolute Gasteiger partial charge is 0.306 e. The maximum Gasteiger partial charge on any atom is 0.306 e. The quantitative estimate of drug-likeness (QED) is 0.551. The molecular weight excluding hydrogens is 208 g/mol. The first-order valence-corrected chi connectivity index (χ1v) is 5.61. The average Bonchev–Trinajstić information content (AvgIpc) is 2.57. The van der Waals surface area contributed by atoms with Gasteiger partial charge in [0.25, 0.3) is 0 Å². The third-order valence-electron chi connectivity index (χ3n) is 1.14. The van der Waals surface area contributed by atoms with Gasteiger partial charge in [-0.25, -0.2) is 0 Å². The Morgan fingerprint density at radius 2 is 2.62 bits per heavy atom. The number of thioether (sulfide) groups is 1. The first kappa shape index (κ1) is 10.5. The summed E-state index contributed by atoms with van der Waals surface area (Å²) in [6, 6.07) is 0. The Morgan fingerprint density at radius 3 is 3.23 bits per heavy atom. The Labute approximate surface area is 84.7 Å². The van der Waals surface area contributed by atoms with Crippen LogP contribution in [-0.2, 0) is 9.53 Å². The van der Waals surface area contributed by atoms with E-state index in [4.69, 9.17) is 4.74 Å². The predicted molar refractivity (Wildman–Crippen MR) is 50.7 cm³/mol. The minimum absolute atomic E-state index is 0.163. The van der Waals surface area contributed by atoms with Gasteiger partial charge in [-0.05, 0) is 6.92 Å². The lowest BCUT2D eigenvalue weighted by Crippen LogP contribution is -2.04. The van der Waals surface area contributed by atoms with E-state index in [2.05, 4.69) is 15.7 Å². The normalized spacial score (nSPS) is 9.92. The Morgan fingerprint density at radius 1 is 1.77 bits per heavy atom. The van der Waals surface area contributed by atoms with E-state index >= 15 is 0 Å². The van der Waals surface area contributed by atoms with Gasteiger partial charge in [-0.1, -0.05) is 23.1 Å². The van der Waals surface area contributed by atoms with Crippen molar-refractivity contribution in [2.24, 2.45) is 0 Å². The molecule has 1 heterocycles. The van der Waals surface area contributed by atoms with Gasteiger partial charge < -0.3 is 4.74 Å². The molecule has 13 heavy (non-hydrogen) atoms. The monoisotopic (exact) mass is 217 g/mol. The minimum atomic E-state index is -0.163. The van der Waals surface area contributed by atoms with E-state index in [1.54, 1.807) is 6.92 Å². The molecule has 0 saturated heterocycles. The van der Waals surface area contributed by atoms with Crippen LogP contribution >= 0.6 is 23.1 Å². The molecule has 0 bridgehead atoms. The highest BCUT2D eigenvalue weighted by atomic mass is 32.2. The highest BCUT2D eigenvalue weighted by molar-refractivity contribution is 8.01. The number of aromatic nitrogens is 2. The van der Waals surface area contributed by atoms with E-state index in [-0.39, 0.29) is 5.97 Å². The molecule has 0 aliphatic carbocycles. The first-order valence-electron chi connectivity index (χ1n) is 3.81. The highest BCUT2D eigenvalue weighted by Gasteiger charge is 2.03. The summed E-state index contributed by atoms with van der Waals surface area (Å²) in [5.41, 5.74) is 2.64. The van der Waals surface area contributed by atoms with Gasteiger partial charge in [-0.3, -0.25) is 4.79 Å². The summed E-state index contributed by atoms with van der Waals surface area (Å²) < 4.78 is 5.61. The topological polar surface area (TPSA) is 52.1 Å². The summed E-state index contributed by atoms with van der Waals surface area (Å²) in [7, 11) is 0. The molecular formula is C7H9N2O2S2. The Bertz CT molecular complexity index is 251. The number of nitrogens with zero attached hydrogens (tertiary/aromatic N) is 2. The molecule has 1 rings (SSSR count). The number of esters is 1. The van der Waals surface area contributed by atoms with E-state index in [1.165, 1.54) is 23.1 Å². The third-order valence-corrected chi connectivity index (χ3v) is 2.91. The molecule has 0 saturated carbocycles. The second-order valence-corrected chi connectivity index (χ2v) is 4.18. The molecule has 6 heteroatoms. The van der Waals surface area contributed by atoms with Crippen LogP contribution in [-0.4, -0.2) is 28.5 Å². The second-order valence-electron chi connectivity index (χ2n) is 2.06. The summed E-state index contributed by atoms with van der Waals surface area (Å²) in [6.07, 6.45) is 0.415. The Hall–Kier alpha value is -0.620. The van der Waals surface area contributed by atoms with Crippen LogP contribution in [0.3, 0.4) is 0 Å². The number of ether oxygens (including phenoxy) is 1. The van der Waals surface area contributed by atoms with Gasteiger partial charge in [0, 0.05) is 5.75 Å². The molecule has 0 atom stereocenters. The van der Waals surface area contributed by atoms with Crippen molar-refractivity contribution in [2.75, 3.05) is 12.4 Å². The van der Waals surface area contributed by atoms with Gasteiger partial charge in [-0.2, -0.15) is 0 Å². The van der Waals surface area contributed by atoms with Crippen LogP contribution in [0.15, 0.2) is 4.34 Å². The van der Waals surface area contributed by atoms with Crippen LogP contribution in [0.2, 0.25) is 0 Å². The maximum atomic E-state index is 10.9. The average molecular weight is 217 g/mol. The summed E-state index contributed by atoms with van der Waals surface area (Å²) >= 11 is 2.85. The van der Waals surface area contributed by atoms with Crippen LogP contribution in [0.25, 0.3) is 0 Å². The zero-order valence-corrected chi connectivity index (χ0v) is 8.78. The van der Waals surface area contributed by atoms with Crippen molar-refractivity contribution in [2.45, 2.75) is 17.7 Å². The van der Waals surface area contributed by atoms with Gasteiger partial charge in [-0.15, -0.1) is 10.2 Å². The summed E-state index contributed by atoms with van der Waals surface area (Å²) in [6.45, 7) is 2.24. The molecule has 0 amide bonds. The summed E-state index contributed by atoms with van der Waals surface area (Å²) in [5.74, 6) is 0.519. The third kappa shape index (κ3) is 4.23. The van der Waals surface area contributed by atoms with E-state index in [1.807, 2.05) is 0 Å². The van der Waals surface area contributed by atoms with E-state index in [0.717, 1.165) is 4.34 Å². The molecule has 71 valence electrons. The Balaban J connectivity index is 2.11. The number of carbonyl (C=O) groups excluding carboxylic acids is 1. The van der Waals surface area contributed by atoms with Gasteiger partial charge in [0.1, 0.15) is 0 Å². The Kier molecular flexibility index (Phi) is 4.77. The highest BCUT2D eigenvalue weighted by Crippen LogP contribution is 2.19. The van der Waals surface area contributed by atoms with Crippen LogP contribution < -0.4 is 0 Å². The standard InChI is InChI=1S/C7H9N2O2S2/c1-2-11-6(10)3-4-12-7-9-8-5-13-7/h2-4H2,1H3. The molecule has 0 fully saturated rings. The van der Waals surface area contributed by atoms with Crippen LogP contribution in [0.1, 0.15) is 13.3 Å². The number of hydrogen-bond donors (Lipinski definition) is 0. The molecule has 0 aromatic carbocycles. The summed E-state index contributed by atoms with van der Waals surface area (Å²) in [4.78, 5) is 10.9. The number of hydrogen-bond acceptors (Lipinski definition) is 6. The maximum absolute atomic E-state index is 10.9. The summed E-state index contributed by atoms with van der Waals surface area (Å²) in [5, 5.41) is 7.35. The molecule has 0 aliphatic rings. The van der Waals surface area contributed by atoms with Crippen molar-refractivity contribution in [3.63, 3.8) is 0 Å². The molecule has 0 N–H and O–H groups in total. The molecule has 4 nitrogen and oxygen atoms in total. The zero-order chi connectivity index (χ0) is 9.52. The van der Waals surface area contributed by atoms with E-state index < -0.39 is 0 Å². The van der Waals surface area contributed by atoms with Crippen molar-refractivity contribution >= 4 is 29.1 Å². The fourth-order valence-corrected chi connectivity index (χ4v) is 2.04. The molecule has 1 radical (unpaired) electrons. The van der Waals surface area contributed by atoms with Crippen LogP contribution in [0, 0.1) is 5.51 Å². The van der Waals surface area contributed by atoms with Crippen molar-refractivity contribution in [1.29, 1.82) is 0 Å². The predicted octanol–water partition coefficient (Wildman–Crippen LogP) is 1.38. The number of carbonyl (C=O) groups is 1. The zero-order valence-electron chi connectivity index (χ0n) is 7.15. The van der Waals surface area contributed by atoms with Crippen molar-refractivity contribution in [3.05, 3.63) is 5.51 Å². The van der Waals surface area contributed by atoms with Gasteiger partial charge in [0.2, 0.25) is 0 Å². The van der Waals surface area contributed by atoms with Gasteiger partial charge in [0.05, 0.1) is 13.0 Å². The lowest BCUT2D eigenvalue weighted by atomic mass is 10.5. The molecule has 0 aliphatic heterocycles. The van der Waals surface area contributed by atoms with E-state index in [9.17, 15) is 4.79 Å². The van der Waals surface area contributed by atoms with Crippen molar-refractivity contribution < 1.29 is 9.53 Å². The number of rotatable bonds is 5.